The summed E-state index contributed by atoms with van der Waals surface area (Å²) >= 11 is 0. The predicted octanol–water partition coefficient (Wildman–Crippen LogP) is 16.1. The van der Waals surface area contributed by atoms with Crippen molar-refractivity contribution >= 4 is 17.9 Å². The van der Waals surface area contributed by atoms with E-state index in [1.807, 2.05) is 6.08 Å². The van der Waals surface area contributed by atoms with Crippen molar-refractivity contribution < 1.29 is 28.6 Å². The fourth-order valence-electron chi connectivity index (χ4n) is 6.09. The molecule has 0 N–H and O–H groups in total. The molecule has 348 valence electrons. The van der Waals surface area contributed by atoms with Crippen molar-refractivity contribution in [2.75, 3.05) is 13.2 Å². The lowest BCUT2D eigenvalue weighted by atomic mass is 10.1. The van der Waals surface area contributed by atoms with Crippen LogP contribution in [0, 0.1) is 0 Å². The van der Waals surface area contributed by atoms with Gasteiger partial charge in [-0.3, -0.25) is 14.4 Å². The first kappa shape index (κ1) is 57.8. The number of ether oxygens (including phenoxy) is 3. The topological polar surface area (TPSA) is 78.9 Å². The molecule has 0 aromatic rings. The Morgan fingerprint density at radius 1 is 0.355 bits per heavy atom. The molecule has 0 heterocycles. The summed E-state index contributed by atoms with van der Waals surface area (Å²) < 4.78 is 16.6. The van der Waals surface area contributed by atoms with Gasteiger partial charge in [-0.2, -0.15) is 0 Å². The summed E-state index contributed by atoms with van der Waals surface area (Å²) in [5.74, 6) is -1.12. The first-order chi connectivity index (χ1) is 30.5. The van der Waals surface area contributed by atoms with Gasteiger partial charge in [-0.25, -0.2) is 0 Å². The van der Waals surface area contributed by atoms with E-state index in [9.17, 15) is 14.4 Å². The van der Waals surface area contributed by atoms with Crippen molar-refractivity contribution in [3.05, 3.63) is 122 Å². The van der Waals surface area contributed by atoms with Gasteiger partial charge in [-0.1, -0.05) is 187 Å². The molecule has 1 unspecified atom stereocenters. The normalized spacial score (nSPS) is 13.1. The molecule has 0 radical (unpaired) electrons. The molecular weight excluding hydrogens is 769 g/mol. The Labute approximate surface area is 380 Å². The summed E-state index contributed by atoms with van der Waals surface area (Å²) in [5.41, 5.74) is 0. The van der Waals surface area contributed by atoms with E-state index in [0.29, 0.717) is 19.3 Å². The highest BCUT2D eigenvalue weighted by Gasteiger charge is 2.19. The molecule has 6 heteroatoms. The highest BCUT2D eigenvalue weighted by atomic mass is 16.6. The van der Waals surface area contributed by atoms with E-state index in [4.69, 9.17) is 14.2 Å². The maximum absolute atomic E-state index is 12.7. The summed E-state index contributed by atoms with van der Waals surface area (Å²) in [6, 6.07) is 0. The van der Waals surface area contributed by atoms with Crippen molar-refractivity contribution in [1.29, 1.82) is 0 Å². The Hall–Kier alpha value is -4.19. The van der Waals surface area contributed by atoms with Crippen LogP contribution >= 0.6 is 0 Å². The molecule has 0 bridgehead atoms. The first-order valence-electron chi connectivity index (χ1n) is 24.5. The van der Waals surface area contributed by atoms with Gasteiger partial charge in [-0.15, -0.1) is 0 Å². The zero-order valence-electron chi connectivity index (χ0n) is 39.6. The summed E-state index contributed by atoms with van der Waals surface area (Å²) in [4.78, 5) is 37.8. The molecule has 0 saturated heterocycles. The predicted molar refractivity (Wildman–Crippen MR) is 265 cm³/mol. The van der Waals surface area contributed by atoms with Gasteiger partial charge in [0.1, 0.15) is 13.2 Å². The number of allylic oxidation sites excluding steroid dienone is 19. The third-order valence-electron chi connectivity index (χ3n) is 9.71. The van der Waals surface area contributed by atoms with Crippen LogP contribution in [0.3, 0.4) is 0 Å². The Balaban J connectivity index is 4.60. The van der Waals surface area contributed by atoms with Crippen LogP contribution in [0.5, 0.6) is 0 Å². The molecule has 0 spiro atoms. The molecular formula is C56H88O6. The molecule has 0 aliphatic rings. The van der Waals surface area contributed by atoms with Crippen molar-refractivity contribution in [1.82, 2.24) is 0 Å². The van der Waals surface area contributed by atoms with Crippen LogP contribution in [0.25, 0.3) is 0 Å². The van der Waals surface area contributed by atoms with E-state index in [2.05, 4.69) is 130 Å². The highest BCUT2D eigenvalue weighted by Crippen LogP contribution is 2.11. The van der Waals surface area contributed by atoms with E-state index < -0.39 is 12.1 Å². The molecule has 0 aliphatic carbocycles. The first-order valence-corrected chi connectivity index (χ1v) is 24.5. The number of rotatable bonds is 42. The number of hydrogen-bond donors (Lipinski definition) is 0. The fourth-order valence-corrected chi connectivity index (χ4v) is 6.09. The van der Waals surface area contributed by atoms with Crippen molar-refractivity contribution in [3.63, 3.8) is 0 Å². The quantitative estimate of drug-likeness (QED) is 0.0263. The van der Waals surface area contributed by atoms with Gasteiger partial charge in [0.15, 0.2) is 6.10 Å². The smallest absolute Gasteiger partial charge is 0.310 e. The molecule has 6 nitrogen and oxygen atoms in total. The molecule has 1 atom stereocenters. The Bertz CT molecular complexity index is 1350. The lowest BCUT2D eigenvalue weighted by molar-refractivity contribution is -0.166. The summed E-state index contributed by atoms with van der Waals surface area (Å²) in [6.07, 6.45) is 67.8. The number of unbranched alkanes of at least 4 members (excludes halogenated alkanes) is 12. The van der Waals surface area contributed by atoms with E-state index in [-0.39, 0.29) is 31.6 Å². The van der Waals surface area contributed by atoms with Crippen molar-refractivity contribution in [2.24, 2.45) is 0 Å². The second-order valence-corrected chi connectivity index (χ2v) is 15.6. The Morgan fingerprint density at radius 3 is 1.08 bits per heavy atom. The van der Waals surface area contributed by atoms with Crippen molar-refractivity contribution in [2.45, 2.75) is 200 Å². The minimum atomic E-state index is -0.852. The minimum absolute atomic E-state index is 0.0823. The summed E-state index contributed by atoms with van der Waals surface area (Å²) in [7, 11) is 0. The second kappa shape index (κ2) is 49.5. The highest BCUT2D eigenvalue weighted by molar-refractivity contribution is 5.72. The average molecular weight is 857 g/mol. The van der Waals surface area contributed by atoms with Crippen LogP contribution in [0.4, 0.5) is 0 Å². The molecule has 62 heavy (non-hydrogen) atoms. The number of carbonyl (C=O) groups excluding carboxylic acids is 3. The van der Waals surface area contributed by atoms with Crippen LogP contribution in [0.2, 0.25) is 0 Å². The van der Waals surface area contributed by atoms with E-state index >= 15 is 0 Å². The zero-order chi connectivity index (χ0) is 45.1. The summed E-state index contributed by atoms with van der Waals surface area (Å²) in [6.45, 7) is 6.24. The van der Waals surface area contributed by atoms with Crippen LogP contribution < -0.4 is 0 Å². The molecule has 0 rings (SSSR count). The van der Waals surface area contributed by atoms with Gasteiger partial charge in [0.25, 0.3) is 0 Å². The molecule has 0 fully saturated rings. The Kier molecular flexibility index (Phi) is 46.1. The molecule has 0 aromatic carbocycles. The molecule has 0 amide bonds. The maximum Gasteiger partial charge on any atom is 0.310 e. The average Bonchev–Trinajstić information content (AvgIpc) is 3.27. The van der Waals surface area contributed by atoms with Gasteiger partial charge < -0.3 is 14.2 Å². The SMILES string of the molecule is CC/C=C\C/C=C\C/C=C\C/C=C\C/C=C\CC(=O)OC(COC(=O)CCCCC/C=C\C/C=C\C/C=C\CC)COC(=O)CCCCCCC/C=C\C/C=C\CCCCCC. The van der Waals surface area contributed by atoms with E-state index in [0.717, 1.165) is 116 Å². The zero-order valence-corrected chi connectivity index (χ0v) is 39.6. The van der Waals surface area contributed by atoms with E-state index in [1.165, 1.54) is 32.1 Å². The van der Waals surface area contributed by atoms with Crippen LogP contribution in [-0.4, -0.2) is 37.2 Å². The Morgan fingerprint density at radius 2 is 0.677 bits per heavy atom. The van der Waals surface area contributed by atoms with Crippen LogP contribution in [0.15, 0.2) is 122 Å². The monoisotopic (exact) mass is 857 g/mol. The van der Waals surface area contributed by atoms with Gasteiger partial charge in [-0.05, 0) is 109 Å². The van der Waals surface area contributed by atoms with Crippen LogP contribution in [0.1, 0.15) is 194 Å². The number of hydrogen-bond acceptors (Lipinski definition) is 6. The fraction of sp³-hybridized carbons (Fsp3) is 0.589. The number of esters is 3. The van der Waals surface area contributed by atoms with Gasteiger partial charge in [0.2, 0.25) is 0 Å². The second-order valence-electron chi connectivity index (χ2n) is 15.6. The summed E-state index contributed by atoms with van der Waals surface area (Å²) in [5, 5.41) is 0. The lowest BCUT2D eigenvalue weighted by Crippen LogP contribution is -2.30. The van der Waals surface area contributed by atoms with E-state index in [1.54, 1.807) is 6.08 Å². The van der Waals surface area contributed by atoms with Gasteiger partial charge in [0, 0.05) is 12.8 Å². The van der Waals surface area contributed by atoms with Crippen molar-refractivity contribution in [3.8, 4) is 0 Å². The third kappa shape index (κ3) is 46.9. The van der Waals surface area contributed by atoms with Crippen LogP contribution in [-0.2, 0) is 28.6 Å². The molecule has 0 aliphatic heterocycles. The lowest BCUT2D eigenvalue weighted by Gasteiger charge is -2.18. The molecule has 0 saturated carbocycles. The van der Waals surface area contributed by atoms with Gasteiger partial charge >= 0.3 is 17.9 Å². The maximum atomic E-state index is 12.7. The standard InChI is InChI=1S/C56H88O6/c1-4-7-10-13-16-19-22-25-27-29-31-34-37-40-43-46-49-55(58)61-52-53(51-60-54(57)48-45-42-39-36-33-30-24-21-18-15-12-9-6-3)62-56(59)50-47-44-41-38-35-32-28-26-23-20-17-14-11-8-5-2/h8-9,11-12,17-22,26-30,33,35,38,44,47,53H,4-7,10,13-16,23-25,31-32,34,36-37,39-43,45-46,48-52H2,1-3H3/b11-8-,12-9-,20-17-,21-18-,22-19-,28-26-,29-27-,33-30-,38-35-,47-44-. The third-order valence-corrected chi connectivity index (χ3v) is 9.71. The molecule has 0 aromatic heterocycles. The minimum Gasteiger partial charge on any atom is -0.462 e. The number of carbonyl (C=O) groups is 3. The largest absolute Gasteiger partial charge is 0.462 e. The van der Waals surface area contributed by atoms with Gasteiger partial charge in [0.05, 0.1) is 6.42 Å².